The summed E-state index contributed by atoms with van der Waals surface area (Å²) in [4.78, 5) is 28.3. The number of amides is 2. The average molecular weight is 487 g/mol. The van der Waals surface area contributed by atoms with Gasteiger partial charge in [0.05, 0.1) is 18.3 Å². The Morgan fingerprint density at radius 3 is 2.55 bits per heavy atom. The molecule has 0 aliphatic carbocycles. The first-order valence-corrected chi connectivity index (χ1v) is 10.9. The molecule has 0 unspecified atom stereocenters. The van der Waals surface area contributed by atoms with Crippen LogP contribution in [0.5, 0.6) is 0 Å². The number of anilines is 1. The lowest BCUT2D eigenvalue weighted by molar-refractivity contribution is -0.116. The smallest absolute Gasteiger partial charge is 0.412 e. The molecule has 2 aromatic rings. The molecule has 0 saturated carbocycles. The second kappa shape index (κ2) is 10.1. The van der Waals surface area contributed by atoms with Crippen LogP contribution < -0.4 is 4.90 Å². The lowest BCUT2D eigenvalue weighted by Crippen LogP contribution is -2.47. The molecule has 0 aromatic heterocycles. The molecule has 3 rings (SSSR count). The minimum atomic E-state index is -0.786. The van der Waals surface area contributed by atoms with E-state index in [4.69, 9.17) is 9.47 Å². The third kappa shape index (κ3) is 5.74. The molecular weight excluding hydrogens is 460 g/mol. The van der Waals surface area contributed by atoms with Crippen molar-refractivity contribution in [3.8, 4) is 0 Å². The molecule has 6 nitrogen and oxygen atoms in total. The molecule has 164 valence electrons. The maximum absolute atomic E-state index is 12.8. The van der Waals surface area contributed by atoms with E-state index in [2.05, 4.69) is 15.9 Å². The van der Waals surface area contributed by atoms with Crippen LogP contribution >= 0.6 is 15.9 Å². The second-order valence-corrected chi connectivity index (χ2v) is 8.60. The van der Waals surface area contributed by atoms with Crippen LogP contribution in [0.3, 0.4) is 0 Å². The summed E-state index contributed by atoms with van der Waals surface area (Å²) in [7, 11) is 0. The molecule has 1 atom stereocenters. The van der Waals surface area contributed by atoms with Crippen LogP contribution in [0.25, 0.3) is 0 Å². The van der Waals surface area contributed by atoms with E-state index in [1.165, 1.54) is 6.92 Å². The molecule has 1 saturated heterocycles. The van der Waals surface area contributed by atoms with Gasteiger partial charge in [-0.2, -0.15) is 0 Å². The van der Waals surface area contributed by atoms with Crippen molar-refractivity contribution < 1.29 is 19.1 Å². The van der Waals surface area contributed by atoms with Gasteiger partial charge in [0.1, 0.15) is 12.3 Å². The molecule has 1 aliphatic rings. The van der Waals surface area contributed by atoms with Crippen molar-refractivity contribution in [3.05, 3.63) is 76.8 Å². The van der Waals surface area contributed by atoms with E-state index in [0.29, 0.717) is 13.2 Å². The molecular formula is C24H27BrN2O4. The largest absolute Gasteiger partial charge is 0.444 e. The van der Waals surface area contributed by atoms with E-state index >= 15 is 0 Å². The quantitative estimate of drug-likeness (QED) is 0.530. The van der Waals surface area contributed by atoms with Crippen LogP contribution in [-0.4, -0.2) is 41.8 Å². The predicted molar refractivity (Wildman–Crippen MR) is 124 cm³/mol. The zero-order valence-corrected chi connectivity index (χ0v) is 19.5. The Balaban J connectivity index is 1.68. The third-order valence-corrected chi connectivity index (χ3v) is 5.76. The van der Waals surface area contributed by atoms with Crippen LogP contribution in [0.1, 0.15) is 26.3 Å². The number of ether oxygens (including phenoxy) is 2. The highest BCUT2D eigenvalue weighted by Crippen LogP contribution is 2.30. The molecule has 0 radical (unpaired) electrons. The van der Waals surface area contributed by atoms with Gasteiger partial charge >= 0.3 is 6.09 Å². The highest BCUT2D eigenvalue weighted by atomic mass is 79.9. The number of rotatable bonds is 6. The van der Waals surface area contributed by atoms with Crippen molar-refractivity contribution in [1.29, 1.82) is 0 Å². The highest BCUT2D eigenvalue weighted by Gasteiger charge is 2.43. The maximum atomic E-state index is 12.8. The summed E-state index contributed by atoms with van der Waals surface area (Å²) in [6.07, 6.45) is 3.34. The van der Waals surface area contributed by atoms with E-state index in [1.54, 1.807) is 9.80 Å². The fourth-order valence-electron chi connectivity index (χ4n) is 3.51. The van der Waals surface area contributed by atoms with Gasteiger partial charge in [-0.25, -0.2) is 4.79 Å². The van der Waals surface area contributed by atoms with E-state index < -0.39 is 11.8 Å². The van der Waals surface area contributed by atoms with Crippen molar-refractivity contribution in [2.45, 2.75) is 39.1 Å². The van der Waals surface area contributed by atoms with Crippen LogP contribution in [0.2, 0.25) is 0 Å². The molecule has 7 heteroatoms. The van der Waals surface area contributed by atoms with Gasteiger partial charge in [0, 0.05) is 17.9 Å². The highest BCUT2D eigenvalue weighted by molar-refractivity contribution is 9.10. The Labute approximate surface area is 191 Å². The minimum absolute atomic E-state index is 0.0707. The summed E-state index contributed by atoms with van der Waals surface area (Å²) >= 11 is 3.50. The normalized spacial score (nSPS) is 17.7. The number of nitrogens with zero attached hydrogens (tertiary/aromatic N) is 2. The van der Waals surface area contributed by atoms with Gasteiger partial charge in [0.25, 0.3) is 0 Å². The van der Waals surface area contributed by atoms with Crippen molar-refractivity contribution in [2.24, 2.45) is 0 Å². The second-order valence-electron chi connectivity index (χ2n) is 7.74. The number of halogens is 1. The number of benzene rings is 2. The number of hydrogen-bond acceptors (Lipinski definition) is 4. The molecule has 0 N–H and O–H groups in total. The lowest BCUT2D eigenvalue weighted by atomic mass is 10.2. The summed E-state index contributed by atoms with van der Waals surface area (Å²) < 4.78 is 12.2. The van der Waals surface area contributed by atoms with Gasteiger partial charge < -0.3 is 14.4 Å². The number of carbonyl (C=O) groups is 2. The summed E-state index contributed by atoms with van der Waals surface area (Å²) in [6, 6.07) is 16.8. The zero-order chi connectivity index (χ0) is 22.4. The predicted octanol–water partition coefficient (Wildman–Crippen LogP) is 5.13. The molecule has 0 bridgehead atoms. The molecule has 1 fully saturated rings. The van der Waals surface area contributed by atoms with Gasteiger partial charge in [-0.15, -0.1) is 0 Å². The Hall–Kier alpha value is -2.64. The van der Waals surface area contributed by atoms with Crippen molar-refractivity contribution in [2.75, 3.05) is 18.1 Å². The number of para-hydroxylation sites is 1. The van der Waals surface area contributed by atoms with Gasteiger partial charge in [-0.3, -0.25) is 9.69 Å². The Bertz CT molecular complexity index is 946. The molecule has 31 heavy (non-hydrogen) atoms. The fourth-order valence-corrected chi connectivity index (χ4v) is 4.01. The Morgan fingerprint density at radius 2 is 1.87 bits per heavy atom. The van der Waals surface area contributed by atoms with E-state index in [-0.39, 0.29) is 18.6 Å². The molecule has 2 amide bonds. The zero-order valence-electron chi connectivity index (χ0n) is 18.0. The Morgan fingerprint density at radius 1 is 1.19 bits per heavy atom. The van der Waals surface area contributed by atoms with Gasteiger partial charge in [-0.1, -0.05) is 54.6 Å². The van der Waals surface area contributed by atoms with Gasteiger partial charge in [0.2, 0.25) is 5.91 Å². The topological polar surface area (TPSA) is 59.1 Å². The number of hydrogen-bond donors (Lipinski definition) is 0. The van der Waals surface area contributed by atoms with Crippen LogP contribution in [0.4, 0.5) is 10.5 Å². The average Bonchev–Trinajstić information content (AvgIpc) is 3.05. The maximum Gasteiger partial charge on any atom is 0.412 e. The van der Waals surface area contributed by atoms with E-state index in [1.807, 2.05) is 80.6 Å². The SMILES string of the molecule is CC(=O)N(C/C=C/[C@@H]1COC(C)(C)N1C(=O)OCc1ccccc1)c1ccccc1Br. The van der Waals surface area contributed by atoms with E-state index in [9.17, 15) is 9.59 Å². The lowest BCUT2D eigenvalue weighted by Gasteiger charge is -2.31. The van der Waals surface area contributed by atoms with Gasteiger partial charge in [-0.05, 0) is 47.5 Å². The monoisotopic (exact) mass is 486 g/mol. The minimum Gasteiger partial charge on any atom is -0.444 e. The first kappa shape index (κ1) is 23.0. The third-order valence-electron chi connectivity index (χ3n) is 5.09. The van der Waals surface area contributed by atoms with Gasteiger partial charge in [0.15, 0.2) is 0 Å². The summed E-state index contributed by atoms with van der Waals surface area (Å²) in [5, 5.41) is 0. The van der Waals surface area contributed by atoms with Crippen molar-refractivity contribution in [1.82, 2.24) is 4.90 Å². The summed E-state index contributed by atoms with van der Waals surface area (Å²) in [5.74, 6) is -0.0707. The Kier molecular flexibility index (Phi) is 7.51. The van der Waals surface area contributed by atoms with Crippen LogP contribution in [0.15, 0.2) is 71.2 Å². The first-order valence-electron chi connectivity index (χ1n) is 10.1. The standard InChI is InChI=1S/C24H27BrN2O4/c1-18(28)26(22-14-8-7-13-21(22)25)15-9-12-20-17-31-24(2,3)27(20)23(29)30-16-19-10-5-4-6-11-19/h4-14,20H,15-17H2,1-3H3/b12-9+/t20-/m1/s1. The van der Waals surface area contributed by atoms with Crippen molar-refractivity contribution >= 4 is 33.6 Å². The molecule has 2 aromatic carbocycles. The molecule has 1 aliphatic heterocycles. The first-order chi connectivity index (χ1) is 14.8. The number of carbonyl (C=O) groups excluding carboxylic acids is 2. The molecule has 1 heterocycles. The van der Waals surface area contributed by atoms with E-state index in [0.717, 1.165) is 15.7 Å². The summed E-state index contributed by atoms with van der Waals surface area (Å²) in [5.41, 5.74) is 0.930. The van der Waals surface area contributed by atoms with Crippen molar-refractivity contribution in [3.63, 3.8) is 0 Å². The van der Waals surface area contributed by atoms with Crippen LogP contribution in [-0.2, 0) is 20.9 Å². The summed E-state index contributed by atoms with van der Waals surface area (Å²) in [6.45, 7) is 6.15. The van der Waals surface area contributed by atoms with Crippen LogP contribution in [0, 0.1) is 0 Å². The fraction of sp³-hybridized carbons (Fsp3) is 0.333. The molecule has 0 spiro atoms.